The van der Waals surface area contributed by atoms with Crippen molar-refractivity contribution in [2.75, 3.05) is 0 Å². The Bertz CT molecular complexity index is 541. The SMILES string of the molecule is CCCc1nc(-c2cnn(C)c2)cc(=O)[nH]1. The summed E-state index contributed by atoms with van der Waals surface area (Å²) in [7, 11) is 1.84. The van der Waals surface area contributed by atoms with Crippen molar-refractivity contribution in [1.82, 2.24) is 19.7 Å². The minimum absolute atomic E-state index is 0.114. The summed E-state index contributed by atoms with van der Waals surface area (Å²) in [6.45, 7) is 2.05. The fourth-order valence-corrected chi connectivity index (χ4v) is 1.56. The quantitative estimate of drug-likeness (QED) is 0.839. The average molecular weight is 218 g/mol. The predicted octanol–water partition coefficient (Wildman–Crippen LogP) is 1.12. The van der Waals surface area contributed by atoms with Crippen LogP contribution in [0.2, 0.25) is 0 Å². The highest BCUT2D eigenvalue weighted by Crippen LogP contribution is 2.13. The summed E-state index contributed by atoms with van der Waals surface area (Å²) in [4.78, 5) is 18.6. The second kappa shape index (κ2) is 4.30. The van der Waals surface area contributed by atoms with Crippen LogP contribution in [0.1, 0.15) is 19.2 Å². The number of aromatic nitrogens is 4. The standard InChI is InChI=1S/C11H14N4O/c1-3-4-10-13-9(5-11(16)14-10)8-6-12-15(2)7-8/h5-7H,3-4H2,1-2H3,(H,13,14,16). The summed E-state index contributed by atoms with van der Waals surface area (Å²) in [5.41, 5.74) is 1.43. The van der Waals surface area contributed by atoms with Crippen LogP contribution in [0.15, 0.2) is 23.3 Å². The van der Waals surface area contributed by atoms with Gasteiger partial charge in [0, 0.05) is 31.3 Å². The Balaban J connectivity index is 2.44. The highest BCUT2D eigenvalue weighted by atomic mass is 16.1. The third-order valence-corrected chi connectivity index (χ3v) is 2.28. The molecular formula is C11H14N4O. The van der Waals surface area contributed by atoms with Gasteiger partial charge in [0.15, 0.2) is 0 Å². The van der Waals surface area contributed by atoms with Gasteiger partial charge in [-0.3, -0.25) is 9.48 Å². The molecule has 1 N–H and O–H groups in total. The van der Waals surface area contributed by atoms with Crippen LogP contribution in [0.3, 0.4) is 0 Å². The molecule has 0 aliphatic heterocycles. The van der Waals surface area contributed by atoms with Crippen molar-refractivity contribution in [2.45, 2.75) is 19.8 Å². The third-order valence-electron chi connectivity index (χ3n) is 2.28. The summed E-state index contributed by atoms with van der Waals surface area (Å²) < 4.78 is 1.69. The minimum Gasteiger partial charge on any atom is -0.311 e. The summed E-state index contributed by atoms with van der Waals surface area (Å²) in [5.74, 6) is 0.730. The first-order valence-electron chi connectivity index (χ1n) is 5.28. The maximum absolute atomic E-state index is 11.4. The largest absolute Gasteiger partial charge is 0.311 e. The van der Waals surface area contributed by atoms with Crippen LogP contribution in [0.4, 0.5) is 0 Å². The van der Waals surface area contributed by atoms with Crippen LogP contribution in [0.5, 0.6) is 0 Å². The maximum Gasteiger partial charge on any atom is 0.251 e. The lowest BCUT2D eigenvalue weighted by molar-refractivity contribution is 0.768. The van der Waals surface area contributed by atoms with E-state index in [1.54, 1.807) is 10.9 Å². The predicted molar refractivity (Wildman–Crippen MR) is 61.1 cm³/mol. The molecule has 0 amide bonds. The van der Waals surface area contributed by atoms with E-state index in [1.165, 1.54) is 6.07 Å². The Morgan fingerprint density at radius 2 is 2.31 bits per heavy atom. The fourth-order valence-electron chi connectivity index (χ4n) is 1.56. The van der Waals surface area contributed by atoms with Crippen LogP contribution in [0, 0.1) is 0 Å². The van der Waals surface area contributed by atoms with Crippen molar-refractivity contribution in [3.05, 3.63) is 34.6 Å². The van der Waals surface area contributed by atoms with Gasteiger partial charge in [0.25, 0.3) is 5.56 Å². The molecule has 0 aliphatic carbocycles. The Hall–Kier alpha value is -1.91. The monoisotopic (exact) mass is 218 g/mol. The van der Waals surface area contributed by atoms with E-state index in [0.29, 0.717) is 5.69 Å². The first-order valence-corrected chi connectivity index (χ1v) is 5.28. The molecule has 2 rings (SSSR count). The molecule has 0 unspecified atom stereocenters. The highest BCUT2D eigenvalue weighted by Gasteiger charge is 2.05. The van der Waals surface area contributed by atoms with Gasteiger partial charge < -0.3 is 4.98 Å². The number of aromatic amines is 1. The van der Waals surface area contributed by atoms with E-state index in [-0.39, 0.29) is 5.56 Å². The topological polar surface area (TPSA) is 63.6 Å². The molecule has 2 heterocycles. The summed E-state index contributed by atoms with van der Waals surface area (Å²) >= 11 is 0. The number of hydrogen-bond acceptors (Lipinski definition) is 3. The summed E-state index contributed by atoms with van der Waals surface area (Å²) in [6, 6.07) is 1.50. The second-order valence-electron chi connectivity index (χ2n) is 3.73. The molecule has 16 heavy (non-hydrogen) atoms. The normalized spacial score (nSPS) is 10.6. The van der Waals surface area contributed by atoms with E-state index in [9.17, 15) is 4.79 Å². The van der Waals surface area contributed by atoms with Crippen molar-refractivity contribution >= 4 is 0 Å². The van der Waals surface area contributed by atoms with E-state index < -0.39 is 0 Å². The Morgan fingerprint density at radius 3 is 2.94 bits per heavy atom. The molecule has 5 heteroatoms. The molecule has 0 bridgehead atoms. The van der Waals surface area contributed by atoms with Crippen LogP contribution < -0.4 is 5.56 Å². The van der Waals surface area contributed by atoms with Gasteiger partial charge in [0.05, 0.1) is 11.9 Å². The van der Waals surface area contributed by atoms with Gasteiger partial charge in [-0.2, -0.15) is 5.10 Å². The second-order valence-corrected chi connectivity index (χ2v) is 3.73. The van der Waals surface area contributed by atoms with Gasteiger partial charge >= 0.3 is 0 Å². The van der Waals surface area contributed by atoms with Gasteiger partial charge in [-0.1, -0.05) is 6.92 Å². The Labute approximate surface area is 93.2 Å². The molecule has 0 radical (unpaired) electrons. The fraction of sp³-hybridized carbons (Fsp3) is 0.364. The van der Waals surface area contributed by atoms with Gasteiger partial charge in [0.1, 0.15) is 5.82 Å². The minimum atomic E-state index is -0.114. The molecule has 0 atom stereocenters. The van der Waals surface area contributed by atoms with Crippen LogP contribution in [0.25, 0.3) is 11.3 Å². The van der Waals surface area contributed by atoms with Crippen molar-refractivity contribution in [1.29, 1.82) is 0 Å². The highest BCUT2D eigenvalue weighted by molar-refractivity contribution is 5.56. The summed E-state index contributed by atoms with van der Waals surface area (Å²) in [5, 5.41) is 4.06. The van der Waals surface area contributed by atoms with Crippen molar-refractivity contribution < 1.29 is 0 Å². The van der Waals surface area contributed by atoms with E-state index in [1.807, 2.05) is 13.2 Å². The van der Waals surface area contributed by atoms with Crippen LogP contribution >= 0.6 is 0 Å². The molecule has 0 saturated heterocycles. The van der Waals surface area contributed by atoms with Crippen molar-refractivity contribution in [2.24, 2.45) is 7.05 Å². The third kappa shape index (κ3) is 2.18. The first kappa shape index (κ1) is 10.6. The number of aryl methyl sites for hydroxylation is 2. The molecule has 0 fully saturated rings. The van der Waals surface area contributed by atoms with Crippen molar-refractivity contribution in [3.63, 3.8) is 0 Å². The number of nitrogens with one attached hydrogen (secondary N) is 1. The molecule has 2 aromatic heterocycles. The molecule has 0 aromatic carbocycles. The van der Waals surface area contributed by atoms with E-state index in [0.717, 1.165) is 24.2 Å². The number of hydrogen-bond donors (Lipinski definition) is 1. The Kier molecular flexibility index (Phi) is 2.85. The van der Waals surface area contributed by atoms with Gasteiger partial charge in [0.2, 0.25) is 0 Å². The van der Waals surface area contributed by atoms with E-state index in [4.69, 9.17) is 0 Å². The first-order chi connectivity index (χ1) is 7.69. The molecule has 0 aliphatic rings. The lowest BCUT2D eigenvalue weighted by atomic mass is 10.2. The summed E-state index contributed by atoms with van der Waals surface area (Å²) in [6.07, 6.45) is 5.29. The number of nitrogens with zero attached hydrogens (tertiary/aromatic N) is 3. The van der Waals surface area contributed by atoms with E-state index >= 15 is 0 Å². The molecule has 84 valence electrons. The number of rotatable bonds is 3. The average Bonchev–Trinajstić information content (AvgIpc) is 2.64. The van der Waals surface area contributed by atoms with Crippen LogP contribution in [-0.4, -0.2) is 19.7 Å². The zero-order chi connectivity index (χ0) is 11.5. The lowest BCUT2D eigenvalue weighted by Crippen LogP contribution is -2.10. The Morgan fingerprint density at radius 1 is 1.50 bits per heavy atom. The molecular weight excluding hydrogens is 204 g/mol. The lowest BCUT2D eigenvalue weighted by Gasteiger charge is -2.00. The zero-order valence-corrected chi connectivity index (χ0v) is 9.40. The maximum atomic E-state index is 11.4. The number of H-pyrrole nitrogens is 1. The van der Waals surface area contributed by atoms with E-state index in [2.05, 4.69) is 22.0 Å². The molecule has 0 saturated carbocycles. The molecule has 5 nitrogen and oxygen atoms in total. The smallest absolute Gasteiger partial charge is 0.251 e. The van der Waals surface area contributed by atoms with Gasteiger partial charge in [-0.15, -0.1) is 0 Å². The van der Waals surface area contributed by atoms with Gasteiger partial charge in [-0.05, 0) is 6.42 Å². The van der Waals surface area contributed by atoms with Gasteiger partial charge in [-0.25, -0.2) is 4.98 Å². The van der Waals surface area contributed by atoms with Crippen LogP contribution in [-0.2, 0) is 13.5 Å². The molecule has 2 aromatic rings. The zero-order valence-electron chi connectivity index (χ0n) is 9.40. The molecule has 0 spiro atoms. The van der Waals surface area contributed by atoms with Crippen molar-refractivity contribution in [3.8, 4) is 11.3 Å².